The second-order valence-electron chi connectivity index (χ2n) is 7.79. The normalized spacial score (nSPS) is 14.3. The van der Waals surface area contributed by atoms with E-state index < -0.39 is 28.5 Å². The number of methoxy groups -OCH3 is 1. The molecule has 9 nitrogen and oxygen atoms in total. The molecule has 0 bridgehead atoms. The van der Waals surface area contributed by atoms with Gasteiger partial charge in [-0.05, 0) is 49.1 Å². The Kier molecular flexibility index (Phi) is 8.89. The molecular formula is C24H30N2O7S. The first-order valence-corrected chi connectivity index (χ1v) is 12.6. The van der Waals surface area contributed by atoms with E-state index in [1.54, 1.807) is 6.07 Å². The summed E-state index contributed by atoms with van der Waals surface area (Å²) in [7, 11) is -2.38. The van der Waals surface area contributed by atoms with Crippen LogP contribution in [0.25, 0.3) is 0 Å². The molecule has 0 aromatic heterocycles. The third-order valence-electron chi connectivity index (χ3n) is 5.44. The number of carbonyl (C=O) groups excluding carboxylic acids is 2. The Morgan fingerprint density at radius 1 is 1.00 bits per heavy atom. The summed E-state index contributed by atoms with van der Waals surface area (Å²) >= 11 is 0. The molecule has 1 heterocycles. The fraction of sp³-hybridized carbons (Fsp3) is 0.417. The molecule has 34 heavy (non-hydrogen) atoms. The first-order chi connectivity index (χ1) is 16.3. The van der Waals surface area contributed by atoms with Crippen LogP contribution in [0.4, 0.5) is 5.69 Å². The van der Waals surface area contributed by atoms with Crippen molar-refractivity contribution in [2.75, 3.05) is 38.7 Å². The number of nitrogens with zero attached hydrogens (tertiary/aromatic N) is 1. The van der Waals surface area contributed by atoms with E-state index in [9.17, 15) is 18.0 Å². The van der Waals surface area contributed by atoms with Crippen molar-refractivity contribution in [3.63, 3.8) is 0 Å². The van der Waals surface area contributed by atoms with Crippen LogP contribution in [-0.2, 0) is 30.8 Å². The number of rotatable bonds is 10. The van der Waals surface area contributed by atoms with E-state index in [4.69, 9.17) is 14.2 Å². The van der Waals surface area contributed by atoms with Gasteiger partial charge in [0.15, 0.2) is 13.2 Å². The number of piperidine rings is 1. The molecule has 0 saturated carbocycles. The maximum absolute atomic E-state index is 13.1. The molecule has 0 atom stereocenters. The van der Waals surface area contributed by atoms with Crippen LogP contribution in [-0.4, -0.2) is 58.0 Å². The van der Waals surface area contributed by atoms with E-state index in [-0.39, 0.29) is 22.9 Å². The van der Waals surface area contributed by atoms with Crippen molar-refractivity contribution in [2.45, 2.75) is 37.5 Å². The SMILES string of the molecule is CCc1ccccc1OCC(=O)OCC(=O)Nc1ccc(OC)c(S(=O)(=O)N2CCCCC2)c1. The summed E-state index contributed by atoms with van der Waals surface area (Å²) in [6.07, 6.45) is 3.35. The summed E-state index contributed by atoms with van der Waals surface area (Å²) in [5.41, 5.74) is 1.22. The summed E-state index contributed by atoms with van der Waals surface area (Å²) in [6.45, 7) is 2.02. The highest BCUT2D eigenvalue weighted by molar-refractivity contribution is 7.89. The molecule has 0 aliphatic carbocycles. The van der Waals surface area contributed by atoms with Crippen molar-refractivity contribution in [3.05, 3.63) is 48.0 Å². The van der Waals surface area contributed by atoms with Crippen LogP contribution in [0.15, 0.2) is 47.4 Å². The molecule has 1 amide bonds. The van der Waals surface area contributed by atoms with Crippen LogP contribution in [0, 0.1) is 0 Å². The molecule has 2 aromatic carbocycles. The smallest absolute Gasteiger partial charge is 0.344 e. The van der Waals surface area contributed by atoms with Crippen molar-refractivity contribution < 1.29 is 32.2 Å². The van der Waals surface area contributed by atoms with Gasteiger partial charge in [-0.15, -0.1) is 0 Å². The van der Waals surface area contributed by atoms with Gasteiger partial charge < -0.3 is 19.5 Å². The fourth-order valence-electron chi connectivity index (χ4n) is 3.66. The molecule has 1 aliphatic rings. The number of sulfonamides is 1. The summed E-state index contributed by atoms with van der Waals surface area (Å²) < 4.78 is 43.3. The molecule has 0 spiro atoms. The van der Waals surface area contributed by atoms with Gasteiger partial charge in [-0.3, -0.25) is 4.79 Å². The Labute approximate surface area is 200 Å². The third-order valence-corrected chi connectivity index (χ3v) is 7.36. The number of amides is 1. The average molecular weight is 491 g/mol. The van der Waals surface area contributed by atoms with E-state index in [0.717, 1.165) is 31.2 Å². The molecule has 184 valence electrons. The molecule has 10 heteroatoms. The lowest BCUT2D eigenvalue weighted by Crippen LogP contribution is -2.35. The number of hydrogen-bond acceptors (Lipinski definition) is 7. The number of benzene rings is 2. The molecule has 1 aliphatic heterocycles. The summed E-state index contributed by atoms with van der Waals surface area (Å²) in [5, 5.41) is 2.56. The van der Waals surface area contributed by atoms with Gasteiger partial charge in [0.1, 0.15) is 16.4 Å². The number of ether oxygens (including phenoxy) is 3. The van der Waals surface area contributed by atoms with Crippen LogP contribution < -0.4 is 14.8 Å². The molecule has 0 unspecified atom stereocenters. The van der Waals surface area contributed by atoms with Crippen LogP contribution >= 0.6 is 0 Å². The standard InChI is InChI=1S/C24H30N2O7S/c1-3-18-9-5-6-10-20(18)32-17-24(28)33-16-23(27)25-19-11-12-21(31-2)22(15-19)34(29,30)26-13-7-4-8-14-26/h5-6,9-12,15H,3-4,7-8,13-14,16-17H2,1-2H3,(H,25,27). The summed E-state index contributed by atoms with van der Waals surface area (Å²) in [4.78, 5) is 24.3. The van der Waals surface area contributed by atoms with E-state index in [1.807, 2.05) is 25.1 Å². The lowest BCUT2D eigenvalue weighted by Gasteiger charge is -2.26. The quantitative estimate of drug-likeness (QED) is 0.510. The second kappa shape index (κ2) is 11.8. The lowest BCUT2D eigenvalue weighted by atomic mass is 10.1. The summed E-state index contributed by atoms with van der Waals surface area (Å²) in [6, 6.07) is 11.7. The van der Waals surface area contributed by atoms with Crippen molar-refractivity contribution in [1.82, 2.24) is 4.31 Å². The number of para-hydroxylation sites is 1. The summed E-state index contributed by atoms with van der Waals surface area (Å²) in [5.74, 6) is -0.510. The van der Waals surface area contributed by atoms with E-state index in [1.165, 1.54) is 29.6 Å². The molecule has 1 N–H and O–H groups in total. The monoisotopic (exact) mass is 490 g/mol. The van der Waals surface area contributed by atoms with Crippen LogP contribution in [0.3, 0.4) is 0 Å². The zero-order chi connectivity index (χ0) is 24.6. The topological polar surface area (TPSA) is 111 Å². The zero-order valence-corrected chi connectivity index (χ0v) is 20.2. The highest BCUT2D eigenvalue weighted by Gasteiger charge is 2.29. The van der Waals surface area contributed by atoms with Crippen molar-refractivity contribution in [2.24, 2.45) is 0 Å². The Balaban J connectivity index is 1.58. The van der Waals surface area contributed by atoms with Gasteiger partial charge in [-0.2, -0.15) is 4.31 Å². The molecular weight excluding hydrogens is 460 g/mol. The predicted octanol–water partition coefficient (Wildman–Crippen LogP) is 2.99. The van der Waals surface area contributed by atoms with Crippen LogP contribution in [0.2, 0.25) is 0 Å². The van der Waals surface area contributed by atoms with Gasteiger partial charge >= 0.3 is 5.97 Å². The van der Waals surface area contributed by atoms with E-state index in [2.05, 4.69) is 5.32 Å². The third kappa shape index (κ3) is 6.48. The number of hydrogen-bond donors (Lipinski definition) is 1. The molecule has 2 aromatic rings. The predicted molar refractivity (Wildman–Crippen MR) is 127 cm³/mol. The maximum atomic E-state index is 13.1. The number of nitrogens with one attached hydrogen (secondary N) is 1. The van der Waals surface area contributed by atoms with Gasteiger partial charge in [0, 0.05) is 18.8 Å². The first kappa shape index (κ1) is 25.5. The maximum Gasteiger partial charge on any atom is 0.344 e. The Bertz CT molecular complexity index is 1110. The number of aryl methyl sites for hydroxylation is 1. The van der Waals surface area contributed by atoms with Crippen LogP contribution in [0.1, 0.15) is 31.7 Å². The van der Waals surface area contributed by atoms with Gasteiger partial charge in [-0.25, -0.2) is 13.2 Å². The highest BCUT2D eigenvalue weighted by atomic mass is 32.2. The van der Waals surface area contributed by atoms with Crippen molar-refractivity contribution in [3.8, 4) is 11.5 Å². The average Bonchev–Trinajstić information content (AvgIpc) is 2.86. The molecule has 3 rings (SSSR count). The minimum absolute atomic E-state index is 0.0188. The van der Waals surface area contributed by atoms with Gasteiger partial charge in [0.2, 0.25) is 10.0 Å². The fourth-order valence-corrected chi connectivity index (χ4v) is 5.36. The van der Waals surface area contributed by atoms with E-state index >= 15 is 0 Å². The Hall–Kier alpha value is -3.11. The highest BCUT2D eigenvalue weighted by Crippen LogP contribution is 2.31. The molecule has 1 fully saturated rings. The van der Waals surface area contributed by atoms with Crippen LogP contribution in [0.5, 0.6) is 11.5 Å². The van der Waals surface area contributed by atoms with Crippen molar-refractivity contribution >= 4 is 27.6 Å². The Morgan fingerprint density at radius 2 is 1.74 bits per heavy atom. The zero-order valence-electron chi connectivity index (χ0n) is 19.4. The van der Waals surface area contributed by atoms with Crippen molar-refractivity contribution in [1.29, 1.82) is 0 Å². The Morgan fingerprint density at radius 3 is 2.44 bits per heavy atom. The minimum atomic E-state index is -3.77. The molecule has 1 saturated heterocycles. The number of esters is 1. The van der Waals surface area contributed by atoms with Gasteiger partial charge in [0.25, 0.3) is 5.91 Å². The molecule has 0 radical (unpaired) electrons. The second-order valence-corrected chi connectivity index (χ2v) is 9.70. The van der Waals surface area contributed by atoms with Gasteiger partial charge in [0.05, 0.1) is 7.11 Å². The van der Waals surface area contributed by atoms with E-state index in [0.29, 0.717) is 18.8 Å². The lowest BCUT2D eigenvalue weighted by molar-refractivity contribution is -0.149. The number of anilines is 1. The number of carbonyl (C=O) groups is 2. The largest absolute Gasteiger partial charge is 0.495 e. The first-order valence-electron chi connectivity index (χ1n) is 11.2. The van der Waals surface area contributed by atoms with Gasteiger partial charge in [-0.1, -0.05) is 31.5 Å². The minimum Gasteiger partial charge on any atom is -0.495 e.